The van der Waals surface area contributed by atoms with Gasteiger partial charge in [-0.05, 0) is 37.1 Å². The molecule has 0 saturated carbocycles. The first-order valence-corrected chi connectivity index (χ1v) is 11.2. The van der Waals surface area contributed by atoms with Crippen LogP contribution in [0.25, 0.3) is 10.9 Å². The first-order valence-electron chi connectivity index (χ1n) is 11.2. The van der Waals surface area contributed by atoms with Gasteiger partial charge in [-0.2, -0.15) is 0 Å². The maximum absolute atomic E-state index is 13.4. The van der Waals surface area contributed by atoms with Crippen LogP contribution in [0.4, 0.5) is 10.5 Å². The molecule has 2 aromatic carbocycles. The van der Waals surface area contributed by atoms with Crippen molar-refractivity contribution in [3.8, 4) is 5.75 Å². The number of methoxy groups -OCH3 is 2. The second-order valence-electron chi connectivity index (χ2n) is 7.72. The highest BCUT2D eigenvalue weighted by Gasteiger charge is 2.28. The molecule has 0 bridgehead atoms. The fourth-order valence-corrected chi connectivity index (χ4v) is 3.92. The van der Waals surface area contributed by atoms with Gasteiger partial charge in [0, 0.05) is 25.4 Å². The fourth-order valence-electron chi connectivity index (χ4n) is 3.92. The van der Waals surface area contributed by atoms with Gasteiger partial charge in [0.25, 0.3) is 5.56 Å². The molecule has 0 radical (unpaired) electrons. The predicted octanol–water partition coefficient (Wildman–Crippen LogP) is 4.45. The van der Waals surface area contributed by atoms with Crippen LogP contribution in [0.5, 0.6) is 5.75 Å². The number of benzene rings is 2. The lowest BCUT2D eigenvalue weighted by atomic mass is 10.1. The summed E-state index contributed by atoms with van der Waals surface area (Å²) in [6, 6.07) is 13.9. The predicted molar refractivity (Wildman–Crippen MR) is 130 cm³/mol. The molecule has 0 aliphatic carbocycles. The Morgan fingerprint density at radius 3 is 2.64 bits per heavy atom. The van der Waals surface area contributed by atoms with Crippen molar-refractivity contribution in [2.75, 3.05) is 32.7 Å². The number of rotatable bonds is 10. The summed E-state index contributed by atoms with van der Waals surface area (Å²) in [6.07, 6.45) is 1.36. The van der Waals surface area contributed by atoms with Gasteiger partial charge >= 0.3 is 6.03 Å². The standard InChI is InChI=1S/C25H32N4O4/c1-5-14-28(25(31)26-18-10-9-11-19(17-18)33-4)22(6-2)23-27-21-13-8-7-12-20(21)24(30)29(23)15-16-32-3/h7-13,17,22H,5-6,14-16H2,1-4H3,(H,26,31). The number of hydrogen-bond acceptors (Lipinski definition) is 5. The maximum Gasteiger partial charge on any atom is 0.322 e. The van der Waals surface area contributed by atoms with Gasteiger partial charge in [0.15, 0.2) is 0 Å². The zero-order valence-corrected chi connectivity index (χ0v) is 19.7. The Hall–Kier alpha value is -3.39. The van der Waals surface area contributed by atoms with Crippen LogP contribution in [0.1, 0.15) is 38.6 Å². The third-order valence-electron chi connectivity index (χ3n) is 5.52. The second-order valence-corrected chi connectivity index (χ2v) is 7.72. The van der Waals surface area contributed by atoms with Crippen LogP contribution in [0, 0.1) is 0 Å². The van der Waals surface area contributed by atoms with E-state index >= 15 is 0 Å². The zero-order chi connectivity index (χ0) is 23.8. The number of aromatic nitrogens is 2. The average molecular weight is 453 g/mol. The van der Waals surface area contributed by atoms with Gasteiger partial charge in [-0.15, -0.1) is 0 Å². The quantitative estimate of drug-likeness (QED) is 0.491. The number of amides is 2. The number of ether oxygens (including phenoxy) is 2. The van der Waals surface area contributed by atoms with Crippen LogP contribution < -0.4 is 15.6 Å². The molecule has 8 heteroatoms. The number of anilines is 1. The summed E-state index contributed by atoms with van der Waals surface area (Å²) in [5.74, 6) is 1.22. The molecule has 0 saturated heterocycles. The van der Waals surface area contributed by atoms with Crippen LogP contribution in [-0.2, 0) is 11.3 Å². The van der Waals surface area contributed by atoms with E-state index in [9.17, 15) is 9.59 Å². The second kappa shape index (κ2) is 11.5. The van der Waals surface area contributed by atoms with Crippen LogP contribution in [0.2, 0.25) is 0 Å². The van der Waals surface area contributed by atoms with Gasteiger partial charge in [-0.1, -0.05) is 32.0 Å². The lowest BCUT2D eigenvalue weighted by molar-refractivity contribution is 0.169. The highest BCUT2D eigenvalue weighted by atomic mass is 16.5. The Morgan fingerprint density at radius 2 is 1.94 bits per heavy atom. The van der Waals surface area contributed by atoms with Gasteiger partial charge in [0.1, 0.15) is 11.6 Å². The van der Waals surface area contributed by atoms with E-state index in [4.69, 9.17) is 14.5 Å². The molecule has 0 fully saturated rings. The summed E-state index contributed by atoms with van der Waals surface area (Å²) in [5.41, 5.74) is 1.13. The number of para-hydroxylation sites is 1. The lowest BCUT2D eigenvalue weighted by Crippen LogP contribution is -2.41. The molecule has 1 N–H and O–H groups in total. The number of hydrogen-bond donors (Lipinski definition) is 1. The van der Waals surface area contributed by atoms with Crippen LogP contribution in [0.15, 0.2) is 53.3 Å². The molecule has 8 nitrogen and oxygen atoms in total. The first-order chi connectivity index (χ1) is 16.0. The minimum absolute atomic E-state index is 0.129. The number of nitrogens with zero attached hydrogens (tertiary/aromatic N) is 3. The summed E-state index contributed by atoms with van der Waals surface area (Å²) >= 11 is 0. The molecule has 2 amide bonds. The lowest BCUT2D eigenvalue weighted by Gasteiger charge is -2.32. The summed E-state index contributed by atoms with van der Waals surface area (Å²) in [4.78, 5) is 33.3. The van der Waals surface area contributed by atoms with Crippen molar-refractivity contribution in [1.29, 1.82) is 0 Å². The van der Waals surface area contributed by atoms with Crippen molar-refractivity contribution in [2.24, 2.45) is 0 Å². The van der Waals surface area contributed by atoms with Gasteiger partial charge in [0.2, 0.25) is 0 Å². The summed E-state index contributed by atoms with van der Waals surface area (Å²) in [7, 11) is 3.18. The maximum atomic E-state index is 13.4. The van der Waals surface area contributed by atoms with Crippen molar-refractivity contribution >= 4 is 22.6 Å². The van der Waals surface area contributed by atoms with E-state index in [1.807, 2.05) is 50.2 Å². The Kier molecular flexibility index (Phi) is 8.43. The van der Waals surface area contributed by atoms with Crippen molar-refractivity contribution in [3.63, 3.8) is 0 Å². The van der Waals surface area contributed by atoms with Crippen LogP contribution in [-0.4, -0.2) is 47.9 Å². The highest BCUT2D eigenvalue weighted by molar-refractivity contribution is 5.90. The number of urea groups is 1. The normalized spacial score (nSPS) is 11.9. The number of carbonyl (C=O) groups is 1. The molecule has 33 heavy (non-hydrogen) atoms. The van der Waals surface area contributed by atoms with Crippen LogP contribution >= 0.6 is 0 Å². The Bertz CT molecular complexity index is 1140. The van der Waals surface area contributed by atoms with Crippen molar-refractivity contribution in [2.45, 2.75) is 39.3 Å². The third kappa shape index (κ3) is 5.51. The Labute approximate surface area is 194 Å². The Balaban J connectivity index is 2.04. The number of fused-ring (bicyclic) bond motifs is 1. The zero-order valence-electron chi connectivity index (χ0n) is 19.7. The molecule has 3 rings (SSSR count). The van der Waals surface area contributed by atoms with Gasteiger partial charge < -0.3 is 19.7 Å². The smallest absolute Gasteiger partial charge is 0.322 e. The van der Waals surface area contributed by atoms with E-state index in [-0.39, 0.29) is 17.6 Å². The minimum atomic E-state index is -0.385. The molecule has 3 aromatic rings. The average Bonchev–Trinajstić information content (AvgIpc) is 2.83. The molecule has 0 aliphatic heterocycles. The molecule has 1 aromatic heterocycles. The molecule has 1 atom stereocenters. The van der Waals surface area contributed by atoms with E-state index in [1.165, 1.54) is 0 Å². The monoisotopic (exact) mass is 452 g/mol. The van der Waals surface area contributed by atoms with Crippen molar-refractivity contribution < 1.29 is 14.3 Å². The molecule has 0 spiro atoms. The van der Waals surface area contributed by atoms with Gasteiger partial charge in [-0.25, -0.2) is 9.78 Å². The largest absolute Gasteiger partial charge is 0.497 e. The Morgan fingerprint density at radius 1 is 1.15 bits per heavy atom. The highest BCUT2D eigenvalue weighted by Crippen LogP contribution is 2.26. The SMILES string of the molecule is CCCN(C(=O)Nc1cccc(OC)c1)C(CC)c1nc2ccccc2c(=O)n1CCOC. The van der Waals surface area contributed by atoms with Crippen molar-refractivity contribution in [3.05, 3.63) is 64.7 Å². The third-order valence-corrected chi connectivity index (χ3v) is 5.52. The number of nitrogens with one attached hydrogen (secondary N) is 1. The topological polar surface area (TPSA) is 85.7 Å². The molecular weight excluding hydrogens is 420 g/mol. The van der Waals surface area contributed by atoms with E-state index in [0.29, 0.717) is 54.3 Å². The molecule has 1 heterocycles. The molecule has 0 aliphatic rings. The summed E-state index contributed by atoms with van der Waals surface area (Å²) in [5, 5.41) is 3.52. The summed E-state index contributed by atoms with van der Waals surface area (Å²) in [6.45, 7) is 5.25. The van der Waals surface area contributed by atoms with E-state index < -0.39 is 0 Å². The number of carbonyl (C=O) groups excluding carboxylic acids is 1. The molecule has 1 unspecified atom stereocenters. The van der Waals surface area contributed by atoms with E-state index in [1.54, 1.807) is 35.8 Å². The van der Waals surface area contributed by atoms with E-state index in [0.717, 1.165) is 6.42 Å². The van der Waals surface area contributed by atoms with E-state index in [2.05, 4.69) is 5.32 Å². The molecular formula is C25H32N4O4. The van der Waals surface area contributed by atoms with Gasteiger partial charge in [-0.3, -0.25) is 9.36 Å². The molecule has 176 valence electrons. The van der Waals surface area contributed by atoms with Gasteiger partial charge in [0.05, 0.1) is 37.2 Å². The van der Waals surface area contributed by atoms with Crippen molar-refractivity contribution in [1.82, 2.24) is 14.5 Å². The first kappa shape index (κ1) is 24.3. The summed E-state index contributed by atoms with van der Waals surface area (Å²) < 4.78 is 12.2. The minimum Gasteiger partial charge on any atom is -0.497 e. The fraction of sp³-hybridized carbons (Fsp3) is 0.400. The van der Waals surface area contributed by atoms with Crippen LogP contribution in [0.3, 0.4) is 0 Å².